The molecular formula is C14H14F9NO3. The molecule has 0 aromatic heterocycles. The molecule has 27 heavy (non-hydrogen) atoms. The summed E-state index contributed by atoms with van der Waals surface area (Å²) < 4.78 is 119. The number of hydrogen-bond donors (Lipinski definition) is 1. The molecular weight excluding hydrogens is 401 g/mol. The summed E-state index contributed by atoms with van der Waals surface area (Å²) in [6.07, 6.45) is -6.98. The first kappa shape index (κ1) is 24.8. The van der Waals surface area contributed by atoms with E-state index in [2.05, 4.69) is 0 Å². The SMILES string of the molecule is CC(COc1ccccc1)NC(=O)C(F)(F)C(F)(F)C(F)(F)C(F)(F)F.O. The van der Waals surface area contributed by atoms with Crippen molar-refractivity contribution < 1.29 is 54.5 Å². The molecule has 0 heterocycles. The van der Waals surface area contributed by atoms with E-state index in [0.717, 1.165) is 6.92 Å². The van der Waals surface area contributed by atoms with Gasteiger partial charge in [0.05, 0.1) is 6.04 Å². The van der Waals surface area contributed by atoms with Gasteiger partial charge >= 0.3 is 23.9 Å². The van der Waals surface area contributed by atoms with Crippen molar-refractivity contribution in [3.05, 3.63) is 30.3 Å². The number of carbonyl (C=O) groups excluding carboxylic acids is 1. The number of hydrogen-bond acceptors (Lipinski definition) is 2. The minimum absolute atomic E-state index is 0. The van der Waals surface area contributed by atoms with Gasteiger partial charge in [0.25, 0.3) is 5.91 Å². The summed E-state index contributed by atoms with van der Waals surface area (Å²) in [6.45, 7) is 0.462. The minimum atomic E-state index is -7.12. The Morgan fingerprint density at radius 1 is 0.963 bits per heavy atom. The Balaban J connectivity index is 0.00000676. The largest absolute Gasteiger partial charge is 0.491 e. The maximum absolute atomic E-state index is 13.4. The number of amides is 1. The lowest BCUT2D eigenvalue weighted by Gasteiger charge is -2.33. The van der Waals surface area contributed by atoms with Gasteiger partial charge in [0.15, 0.2) is 0 Å². The van der Waals surface area contributed by atoms with Crippen LogP contribution in [-0.2, 0) is 4.79 Å². The lowest BCUT2D eigenvalue weighted by atomic mass is 10.0. The van der Waals surface area contributed by atoms with Gasteiger partial charge < -0.3 is 15.5 Å². The van der Waals surface area contributed by atoms with Crippen LogP contribution >= 0.6 is 0 Å². The van der Waals surface area contributed by atoms with Crippen molar-refractivity contribution in [3.8, 4) is 5.75 Å². The van der Waals surface area contributed by atoms with Crippen molar-refractivity contribution in [2.75, 3.05) is 6.61 Å². The van der Waals surface area contributed by atoms with Crippen molar-refractivity contribution in [1.29, 1.82) is 0 Å². The van der Waals surface area contributed by atoms with Crippen molar-refractivity contribution in [2.45, 2.75) is 36.9 Å². The van der Waals surface area contributed by atoms with Crippen LogP contribution in [0.2, 0.25) is 0 Å². The Kier molecular flexibility index (Phi) is 7.57. The van der Waals surface area contributed by atoms with E-state index in [1.807, 2.05) is 0 Å². The van der Waals surface area contributed by atoms with Crippen LogP contribution in [-0.4, -0.2) is 48.0 Å². The number of benzene rings is 1. The molecule has 0 saturated heterocycles. The van der Waals surface area contributed by atoms with Gasteiger partial charge in [0.2, 0.25) is 0 Å². The molecule has 0 fully saturated rings. The molecule has 1 aromatic rings. The predicted molar refractivity (Wildman–Crippen MR) is 74.1 cm³/mol. The van der Waals surface area contributed by atoms with Gasteiger partial charge in [-0.05, 0) is 19.1 Å². The van der Waals surface area contributed by atoms with E-state index >= 15 is 0 Å². The van der Waals surface area contributed by atoms with Gasteiger partial charge in [0.1, 0.15) is 12.4 Å². The average molecular weight is 415 g/mol. The van der Waals surface area contributed by atoms with Crippen molar-refractivity contribution in [1.82, 2.24) is 5.32 Å². The first-order chi connectivity index (χ1) is 11.6. The first-order valence-electron chi connectivity index (χ1n) is 6.83. The summed E-state index contributed by atoms with van der Waals surface area (Å²) in [5, 5.41) is 1.23. The second-order valence-corrected chi connectivity index (χ2v) is 5.22. The number of rotatable bonds is 7. The standard InChI is InChI=1S/C14H12F9NO2.H2O/c1-8(7-26-9-5-3-2-4-6-9)24-10(25)11(15,16)12(17,18)13(19,20)14(21,22)23;/h2-6,8H,7H2,1H3,(H,24,25);1H2. The number of ether oxygens (including phenoxy) is 1. The van der Waals surface area contributed by atoms with Gasteiger partial charge in [-0.2, -0.15) is 39.5 Å². The zero-order valence-corrected chi connectivity index (χ0v) is 13.4. The van der Waals surface area contributed by atoms with E-state index in [1.165, 1.54) is 29.6 Å². The molecule has 3 N–H and O–H groups in total. The highest BCUT2D eigenvalue weighted by Gasteiger charge is 2.83. The highest BCUT2D eigenvalue weighted by molar-refractivity contribution is 5.85. The van der Waals surface area contributed by atoms with Crippen LogP contribution in [0, 0.1) is 0 Å². The summed E-state index contributed by atoms with van der Waals surface area (Å²) >= 11 is 0. The van der Waals surface area contributed by atoms with Crippen molar-refractivity contribution >= 4 is 5.91 Å². The van der Waals surface area contributed by atoms with Gasteiger partial charge in [-0.15, -0.1) is 0 Å². The van der Waals surface area contributed by atoms with Gasteiger partial charge in [-0.3, -0.25) is 4.79 Å². The number of halogens is 9. The topological polar surface area (TPSA) is 69.8 Å². The summed E-state index contributed by atoms with van der Waals surface area (Å²) in [4.78, 5) is 11.2. The maximum Gasteiger partial charge on any atom is 0.460 e. The molecule has 1 amide bonds. The summed E-state index contributed by atoms with van der Waals surface area (Å²) in [5.74, 6) is -23.2. The zero-order valence-electron chi connectivity index (χ0n) is 13.4. The third-order valence-electron chi connectivity index (χ3n) is 3.05. The monoisotopic (exact) mass is 415 g/mol. The van der Waals surface area contributed by atoms with Gasteiger partial charge in [0, 0.05) is 0 Å². The van der Waals surface area contributed by atoms with E-state index < -0.39 is 42.5 Å². The Hall–Kier alpha value is -2.18. The highest BCUT2D eigenvalue weighted by atomic mass is 19.4. The molecule has 0 aliphatic rings. The van der Waals surface area contributed by atoms with Gasteiger partial charge in [-0.1, -0.05) is 18.2 Å². The number of nitrogens with one attached hydrogen (secondary N) is 1. The number of alkyl halides is 9. The van der Waals surface area contributed by atoms with Crippen LogP contribution < -0.4 is 10.1 Å². The van der Waals surface area contributed by atoms with Crippen LogP contribution in [0.5, 0.6) is 5.75 Å². The smallest absolute Gasteiger partial charge is 0.460 e. The molecule has 1 unspecified atom stereocenters. The van der Waals surface area contributed by atoms with Crippen molar-refractivity contribution in [3.63, 3.8) is 0 Å². The third-order valence-corrected chi connectivity index (χ3v) is 3.05. The van der Waals surface area contributed by atoms with E-state index in [4.69, 9.17) is 4.74 Å². The molecule has 0 aliphatic heterocycles. The molecule has 1 aromatic carbocycles. The predicted octanol–water partition coefficient (Wildman–Crippen LogP) is 3.21. The highest BCUT2D eigenvalue weighted by Crippen LogP contribution is 2.53. The van der Waals surface area contributed by atoms with E-state index in [-0.39, 0.29) is 11.2 Å². The normalized spacial score (nSPS) is 14.1. The zero-order chi connectivity index (χ0) is 20.4. The number of carbonyl (C=O) groups is 1. The molecule has 0 aliphatic carbocycles. The molecule has 0 radical (unpaired) electrons. The third kappa shape index (κ3) is 4.96. The Bertz CT molecular complexity index is 620. The Morgan fingerprint density at radius 2 is 1.44 bits per heavy atom. The van der Waals surface area contributed by atoms with Crippen LogP contribution in [0.4, 0.5) is 39.5 Å². The maximum atomic E-state index is 13.4. The van der Waals surface area contributed by atoms with E-state index in [1.54, 1.807) is 6.07 Å². The number of para-hydroxylation sites is 1. The van der Waals surface area contributed by atoms with E-state index in [0.29, 0.717) is 0 Å². The fraction of sp³-hybridized carbons (Fsp3) is 0.500. The quantitative estimate of drug-likeness (QED) is 0.695. The minimum Gasteiger partial charge on any atom is -0.491 e. The van der Waals surface area contributed by atoms with E-state index in [9.17, 15) is 44.3 Å². The van der Waals surface area contributed by atoms with Crippen molar-refractivity contribution in [2.24, 2.45) is 0 Å². The van der Waals surface area contributed by atoms with Gasteiger partial charge in [-0.25, -0.2) is 0 Å². The van der Waals surface area contributed by atoms with Crippen LogP contribution in [0.3, 0.4) is 0 Å². The van der Waals surface area contributed by atoms with Crippen LogP contribution in [0.25, 0.3) is 0 Å². The molecule has 156 valence electrons. The van der Waals surface area contributed by atoms with Crippen LogP contribution in [0.15, 0.2) is 30.3 Å². The molecule has 1 atom stereocenters. The molecule has 0 bridgehead atoms. The molecule has 13 heteroatoms. The second-order valence-electron chi connectivity index (χ2n) is 5.22. The fourth-order valence-corrected chi connectivity index (χ4v) is 1.61. The average Bonchev–Trinajstić information content (AvgIpc) is 2.52. The molecule has 4 nitrogen and oxygen atoms in total. The second kappa shape index (κ2) is 8.23. The fourth-order valence-electron chi connectivity index (χ4n) is 1.61. The molecule has 1 rings (SSSR count). The summed E-state index contributed by atoms with van der Waals surface area (Å²) in [5.41, 5.74) is 0. The molecule has 0 saturated carbocycles. The lowest BCUT2D eigenvalue weighted by molar-refractivity contribution is -0.388. The Labute approximate surface area is 146 Å². The summed E-state index contributed by atoms with van der Waals surface area (Å²) in [6, 6.07) is 6.15. The van der Waals surface area contributed by atoms with Crippen LogP contribution in [0.1, 0.15) is 6.92 Å². The first-order valence-corrected chi connectivity index (χ1v) is 6.83. The molecule has 0 spiro atoms. The Morgan fingerprint density at radius 3 is 1.89 bits per heavy atom. The summed E-state index contributed by atoms with van der Waals surface area (Å²) in [7, 11) is 0. The lowest BCUT2D eigenvalue weighted by Crippen LogP contribution is -2.66.